The number of nitrogens with two attached hydrogens (primary N) is 1. The molecule has 1 amide bonds. The largest absolute Gasteiger partial charge is 0.379 e. The van der Waals surface area contributed by atoms with Gasteiger partial charge in [-0.05, 0) is 31.5 Å². The number of carbonyl (C=O) groups excluding carboxylic acids is 1. The summed E-state index contributed by atoms with van der Waals surface area (Å²) in [5.74, 6) is -0.301. The van der Waals surface area contributed by atoms with Crippen LogP contribution in [0.15, 0.2) is 29.2 Å². The van der Waals surface area contributed by atoms with Gasteiger partial charge in [0, 0.05) is 31.2 Å². The summed E-state index contributed by atoms with van der Waals surface area (Å²) in [5.41, 5.74) is 5.96. The molecule has 1 aromatic carbocycles. The van der Waals surface area contributed by atoms with Gasteiger partial charge in [0.15, 0.2) is 0 Å². The molecule has 1 aromatic rings. The third-order valence-corrected chi connectivity index (χ3v) is 5.48. The minimum atomic E-state index is -3.60. The molecule has 2 rings (SSSR count). The first kappa shape index (κ1) is 20.9. The summed E-state index contributed by atoms with van der Waals surface area (Å²) in [7, 11) is -3.60. The third-order valence-electron chi connectivity index (χ3n) is 3.59. The number of halogens is 1. The average Bonchev–Trinajstić information content (AvgIpc) is 2.55. The van der Waals surface area contributed by atoms with Crippen LogP contribution < -0.4 is 11.1 Å². The molecule has 1 unspecified atom stereocenters. The van der Waals surface area contributed by atoms with Gasteiger partial charge in [-0.15, -0.1) is 12.4 Å². The standard InChI is InChI=1S/C15H23N3O4S.ClH/c1-12(16)5-6-17-15(19)13-3-2-4-14(11-13)23(20,21)18-7-9-22-10-8-18;/h2-4,11-12H,5-10,16H2,1H3,(H,17,19);1H. The van der Waals surface area contributed by atoms with E-state index in [4.69, 9.17) is 10.5 Å². The van der Waals surface area contributed by atoms with Crippen LogP contribution in [0.4, 0.5) is 0 Å². The first-order valence-corrected chi connectivity index (χ1v) is 9.07. The Morgan fingerprint density at radius 1 is 1.38 bits per heavy atom. The van der Waals surface area contributed by atoms with E-state index >= 15 is 0 Å². The number of nitrogens with zero attached hydrogens (tertiary/aromatic N) is 1. The highest BCUT2D eigenvalue weighted by molar-refractivity contribution is 7.89. The lowest BCUT2D eigenvalue weighted by atomic mass is 10.2. The predicted molar refractivity (Wildman–Crippen MR) is 93.9 cm³/mol. The predicted octanol–water partition coefficient (Wildman–Crippen LogP) is 0.596. The second-order valence-corrected chi connectivity index (χ2v) is 7.50. The SMILES string of the molecule is CC(N)CCNC(=O)c1cccc(S(=O)(=O)N2CCOCC2)c1.Cl. The van der Waals surface area contributed by atoms with Crippen molar-refractivity contribution in [1.82, 2.24) is 9.62 Å². The maximum Gasteiger partial charge on any atom is 0.251 e. The van der Waals surface area contributed by atoms with E-state index in [1.54, 1.807) is 12.1 Å². The molecule has 9 heteroatoms. The number of carbonyl (C=O) groups is 1. The topological polar surface area (TPSA) is 102 Å². The highest BCUT2D eigenvalue weighted by Gasteiger charge is 2.26. The van der Waals surface area contributed by atoms with Gasteiger partial charge in [0.1, 0.15) is 0 Å². The van der Waals surface area contributed by atoms with Crippen LogP contribution in [0.25, 0.3) is 0 Å². The molecule has 3 N–H and O–H groups in total. The van der Waals surface area contributed by atoms with Gasteiger partial charge < -0.3 is 15.8 Å². The smallest absolute Gasteiger partial charge is 0.251 e. The lowest BCUT2D eigenvalue weighted by Gasteiger charge is -2.26. The van der Waals surface area contributed by atoms with Gasteiger partial charge in [-0.3, -0.25) is 4.79 Å². The summed E-state index contributed by atoms with van der Waals surface area (Å²) in [6.45, 7) is 3.74. The van der Waals surface area contributed by atoms with Crippen molar-refractivity contribution in [1.29, 1.82) is 0 Å². The first-order chi connectivity index (χ1) is 10.9. The van der Waals surface area contributed by atoms with Crippen LogP contribution in [0, 0.1) is 0 Å². The molecular weight excluding hydrogens is 354 g/mol. The first-order valence-electron chi connectivity index (χ1n) is 7.63. The van der Waals surface area contributed by atoms with Crippen molar-refractivity contribution in [2.24, 2.45) is 5.73 Å². The Morgan fingerprint density at radius 3 is 2.67 bits per heavy atom. The number of hydrogen-bond acceptors (Lipinski definition) is 5. The van der Waals surface area contributed by atoms with Gasteiger partial charge >= 0.3 is 0 Å². The van der Waals surface area contributed by atoms with E-state index in [0.29, 0.717) is 44.8 Å². The van der Waals surface area contributed by atoms with Crippen LogP contribution in [0.1, 0.15) is 23.7 Å². The van der Waals surface area contributed by atoms with Crippen LogP contribution in [0.2, 0.25) is 0 Å². The summed E-state index contributed by atoms with van der Waals surface area (Å²) in [6, 6.07) is 6.09. The van der Waals surface area contributed by atoms with Gasteiger partial charge in [0.2, 0.25) is 10.0 Å². The zero-order valence-corrected chi connectivity index (χ0v) is 15.2. The highest BCUT2D eigenvalue weighted by atomic mass is 35.5. The summed E-state index contributed by atoms with van der Waals surface area (Å²) in [6.07, 6.45) is 0.664. The monoisotopic (exact) mass is 377 g/mol. The fraction of sp³-hybridized carbons (Fsp3) is 0.533. The van der Waals surface area contributed by atoms with Gasteiger partial charge in [-0.1, -0.05) is 6.07 Å². The molecule has 24 heavy (non-hydrogen) atoms. The zero-order chi connectivity index (χ0) is 16.9. The molecule has 1 fully saturated rings. The maximum absolute atomic E-state index is 12.6. The molecule has 1 saturated heterocycles. The molecule has 1 aliphatic rings. The van der Waals surface area contributed by atoms with Crippen molar-refractivity contribution in [2.45, 2.75) is 24.3 Å². The number of morpholine rings is 1. The summed E-state index contributed by atoms with van der Waals surface area (Å²) in [4.78, 5) is 12.2. The average molecular weight is 378 g/mol. The van der Waals surface area contributed by atoms with Gasteiger partial charge in [0.25, 0.3) is 5.91 Å². The molecule has 0 saturated carbocycles. The van der Waals surface area contributed by atoms with Crippen molar-refractivity contribution in [3.8, 4) is 0 Å². The summed E-state index contributed by atoms with van der Waals surface area (Å²) in [5, 5.41) is 2.74. The van der Waals surface area contributed by atoms with Crippen molar-refractivity contribution in [3.05, 3.63) is 29.8 Å². The Kier molecular flexibility index (Phi) is 8.11. The molecule has 7 nitrogen and oxygen atoms in total. The van der Waals surface area contributed by atoms with E-state index in [1.807, 2.05) is 6.92 Å². The van der Waals surface area contributed by atoms with Crippen molar-refractivity contribution < 1.29 is 17.9 Å². The number of rotatable bonds is 6. The molecule has 136 valence electrons. The van der Waals surface area contributed by atoms with Crippen LogP contribution in [-0.2, 0) is 14.8 Å². The van der Waals surface area contributed by atoms with Crippen molar-refractivity contribution in [3.63, 3.8) is 0 Å². The van der Waals surface area contributed by atoms with E-state index in [-0.39, 0.29) is 29.3 Å². The van der Waals surface area contributed by atoms with Crippen molar-refractivity contribution in [2.75, 3.05) is 32.8 Å². The molecule has 0 bridgehead atoms. The molecule has 1 heterocycles. The lowest BCUT2D eigenvalue weighted by molar-refractivity contribution is 0.0730. The highest BCUT2D eigenvalue weighted by Crippen LogP contribution is 2.18. The number of sulfonamides is 1. The lowest BCUT2D eigenvalue weighted by Crippen LogP contribution is -2.40. The van der Waals surface area contributed by atoms with Crippen molar-refractivity contribution >= 4 is 28.3 Å². The Labute approximate surface area is 149 Å². The molecule has 0 spiro atoms. The van der Waals surface area contributed by atoms with Gasteiger partial charge in [-0.2, -0.15) is 4.31 Å². The molecule has 1 aliphatic heterocycles. The fourth-order valence-electron chi connectivity index (χ4n) is 2.25. The quantitative estimate of drug-likeness (QED) is 0.755. The van der Waals surface area contributed by atoms with Gasteiger partial charge in [-0.25, -0.2) is 8.42 Å². The maximum atomic E-state index is 12.6. The Morgan fingerprint density at radius 2 is 2.04 bits per heavy atom. The van der Waals surface area contributed by atoms with Gasteiger partial charge in [0.05, 0.1) is 18.1 Å². The third kappa shape index (κ3) is 5.42. The zero-order valence-electron chi connectivity index (χ0n) is 13.6. The molecule has 0 aliphatic carbocycles. The minimum Gasteiger partial charge on any atom is -0.379 e. The molecule has 0 aromatic heterocycles. The Bertz CT molecular complexity index is 646. The van der Waals surface area contributed by atoms with Crippen LogP contribution in [-0.4, -0.2) is 57.5 Å². The molecular formula is C15H24ClN3O4S. The number of benzene rings is 1. The Balaban J connectivity index is 0.00000288. The fourth-order valence-corrected chi connectivity index (χ4v) is 3.70. The second kappa shape index (κ2) is 9.33. The van der Waals surface area contributed by atoms with E-state index < -0.39 is 10.0 Å². The number of amides is 1. The number of nitrogens with one attached hydrogen (secondary N) is 1. The molecule has 0 radical (unpaired) electrons. The van der Waals surface area contributed by atoms with Crippen LogP contribution in [0.3, 0.4) is 0 Å². The summed E-state index contributed by atoms with van der Waals surface area (Å²) < 4.78 is 31.7. The van der Waals surface area contributed by atoms with E-state index in [0.717, 1.165) is 0 Å². The normalized spacial score (nSPS) is 16.9. The number of hydrogen-bond donors (Lipinski definition) is 2. The van der Waals surface area contributed by atoms with E-state index in [9.17, 15) is 13.2 Å². The van der Waals surface area contributed by atoms with E-state index in [2.05, 4.69) is 5.32 Å². The number of ether oxygens (including phenoxy) is 1. The molecule has 1 atom stereocenters. The van der Waals surface area contributed by atoms with Crippen LogP contribution in [0.5, 0.6) is 0 Å². The summed E-state index contributed by atoms with van der Waals surface area (Å²) >= 11 is 0. The van der Waals surface area contributed by atoms with Crippen LogP contribution >= 0.6 is 12.4 Å². The van der Waals surface area contributed by atoms with E-state index in [1.165, 1.54) is 16.4 Å². The minimum absolute atomic E-state index is 0. The Hall–Kier alpha value is -1.19. The second-order valence-electron chi connectivity index (χ2n) is 5.57.